The molecule has 1 saturated heterocycles. The van der Waals surface area contributed by atoms with Crippen molar-refractivity contribution in [2.45, 2.75) is 6.92 Å². The van der Waals surface area contributed by atoms with Crippen LogP contribution < -0.4 is 5.32 Å². The van der Waals surface area contributed by atoms with Crippen LogP contribution in [0.25, 0.3) is 6.08 Å². The Morgan fingerprint density at radius 2 is 1.94 bits per heavy atom. The van der Waals surface area contributed by atoms with Gasteiger partial charge in [0.25, 0.3) is 5.91 Å². The van der Waals surface area contributed by atoms with E-state index >= 15 is 0 Å². The second-order valence-corrected chi connectivity index (χ2v) is 3.45. The zero-order valence-corrected chi connectivity index (χ0v) is 8.93. The van der Waals surface area contributed by atoms with Crippen LogP contribution in [0.1, 0.15) is 12.5 Å². The van der Waals surface area contributed by atoms with Crippen LogP contribution in [0.15, 0.2) is 36.0 Å². The van der Waals surface area contributed by atoms with E-state index in [9.17, 15) is 9.59 Å². The minimum Gasteiger partial charge on any atom is -0.303 e. The molecule has 0 bridgehead atoms. The molecule has 1 aliphatic rings. The zero-order chi connectivity index (χ0) is 11.5. The lowest BCUT2D eigenvalue weighted by Gasteiger charge is -2.05. The van der Waals surface area contributed by atoms with Crippen molar-refractivity contribution >= 4 is 18.0 Å². The normalized spacial score (nSPS) is 18.1. The quantitative estimate of drug-likeness (QED) is 0.603. The summed E-state index contributed by atoms with van der Waals surface area (Å²) < 4.78 is 0. The first-order valence-electron chi connectivity index (χ1n) is 5.12. The molecular weight excluding hydrogens is 204 g/mol. The first-order chi connectivity index (χ1) is 7.72. The van der Waals surface area contributed by atoms with Crippen LogP contribution in [0.3, 0.4) is 0 Å². The van der Waals surface area contributed by atoms with Crippen molar-refractivity contribution in [1.29, 1.82) is 0 Å². The molecule has 0 radical (unpaired) electrons. The van der Waals surface area contributed by atoms with E-state index in [2.05, 4.69) is 5.32 Å². The van der Waals surface area contributed by atoms with Gasteiger partial charge < -0.3 is 5.32 Å². The van der Waals surface area contributed by atoms with E-state index in [1.54, 1.807) is 13.0 Å². The third kappa shape index (κ3) is 1.82. The molecule has 0 saturated carbocycles. The summed E-state index contributed by atoms with van der Waals surface area (Å²) in [7, 11) is 0. The van der Waals surface area contributed by atoms with Gasteiger partial charge >= 0.3 is 6.03 Å². The molecule has 4 heteroatoms. The second kappa shape index (κ2) is 4.18. The molecule has 1 aliphatic heterocycles. The lowest BCUT2D eigenvalue weighted by atomic mass is 10.2. The fourth-order valence-corrected chi connectivity index (χ4v) is 1.57. The Hall–Kier alpha value is -2.10. The number of benzene rings is 1. The van der Waals surface area contributed by atoms with Crippen LogP contribution >= 0.6 is 0 Å². The molecule has 0 unspecified atom stereocenters. The Bertz CT molecular complexity index is 451. The summed E-state index contributed by atoms with van der Waals surface area (Å²) in [5, 5.41) is 2.55. The van der Waals surface area contributed by atoms with Gasteiger partial charge in [0, 0.05) is 6.54 Å². The number of nitrogens with zero attached hydrogens (tertiary/aromatic N) is 1. The summed E-state index contributed by atoms with van der Waals surface area (Å²) in [5.41, 5.74) is 1.22. The highest BCUT2D eigenvalue weighted by Crippen LogP contribution is 2.13. The number of carbonyl (C=O) groups is 2. The standard InChI is InChI=1S/C12H12N2O2/c1-2-14-11(15)10(13-12(14)16)8-9-6-4-3-5-7-9/h3-8H,2H2,1H3,(H,13,16). The van der Waals surface area contributed by atoms with Gasteiger partial charge in [-0.05, 0) is 18.6 Å². The molecule has 1 heterocycles. The van der Waals surface area contributed by atoms with Gasteiger partial charge in [0.05, 0.1) is 0 Å². The van der Waals surface area contributed by atoms with Crippen LogP contribution in [0.4, 0.5) is 4.79 Å². The van der Waals surface area contributed by atoms with Crippen molar-refractivity contribution in [3.05, 3.63) is 41.6 Å². The molecule has 0 atom stereocenters. The first kappa shape index (κ1) is 10.4. The number of rotatable bonds is 2. The van der Waals surface area contributed by atoms with Crippen LogP contribution in [-0.4, -0.2) is 23.4 Å². The van der Waals surface area contributed by atoms with E-state index < -0.39 is 0 Å². The maximum Gasteiger partial charge on any atom is 0.328 e. The number of nitrogens with one attached hydrogen (secondary N) is 1. The average Bonchev–Trinajstić information content (AvgIpc) is 2.55. The predicted octanol–water partition coefficient (Wildman–Crippen LogP) is 1.60. The van der Waals surface area contributed by atoms with Gasteiger partial charge in [0.1, 0.15) is 5.70 Å². The number of urea groups is 1. The van der Waals surface area contributed by atoms with Crippen LogP contribution in [0, 0.1) is 0 Å². The van der Waals surface area contributed by atoms with E-state index in [0.717, 1.165) is 5.56 Å². The molecule has 1 aromatic rings. The van der Waals surface area contributed by atoms with Crippen LogP contribution in [0.2, 0.25) is 0 Å². The molecule has 1 N–H and O–H groups in total. The van der Waals surface area contributed by atoms with E-state index in [1.807, 2.05) is 30.3 Å². The fraction of sp³-hybridized carbons (Fsp3) is 0.167. The van der Waals surface area contributed by atoms with Gasteiger partial charge in [-0.2, -0.15) is 0 Å². The third-order valence-corrected chi connectivity index (χ3v) is 2.39. The lowest BCUT2D eigenvalue weighted by molar-refractivity contribution is -0.122. The molecule has 0 spiro atoms. The van der Waals surface area contributed by atoms with Gasteiger partial charge in [-0.3, -0.25) is 9.69 Å². The third-order valence-electron chi connectivity index (χ3n) is 2.39. The molecule has 16 heavy (non-hydrogen) atoms. The van der Waals surface area contributed by atoms with E-state index in [0.29, 0.717) is 12.2 Å². The number of carbonyl (C=O) groups excluding carboxylic acids is 2. The maximum atomic E-state index is 11.7. The van der Waals surface area contributed by atoms with Crippen molar-refractivity contribution in [2.24, 2.45) is 0 Å². The van der Waals surface area contributed by atoms with Crippen LogP contribution in [-0.2, 0) is 4.79 Å². The molecule has 0 aliphatic carbocycles. The smallest absolute Gasteiger partial charge is 0.303 e. The van der Waals surface area contributed by atoms with Gasteiger partial charge in [0.15, 0.2) is 0 Å². The van der Waals surface area contributed by atoms with E-state index in [1.165, 1.54) is 4.90 Å². The molecule has 1 aromatic carbocycles. The van der Waals surface area contributed by atoms with Gasteiger partial charge in [0.2, 0.25) is 0 Å². The fourth-order valence-electron chi connectivity index (χ4n) is 1.57. The van der Waals surface area contributed by atoms with Crippen molar-refractivity contribution in [2.75, 3.05) is 6.54 Å². The molecule has 3 amide bonds. The Morgan fingerprint density at radius 1 is 1.25 bits per heavy atom. The van der Waals surface area contributed by atoms with Crippen molar-refractivity contribution < 1.29 is 9.59 Å². The predicted molar refractivity (Wildman–Crippen MR) is 60.3 cm³/mol. The van der Waals surface area contributed by atoms with Crippen molar-refractivity contribution in [1.82, 2.24) is 10.2 Å². The molecule has 82 valence electrons. The van der Waals surface area contributed by atoms with Gasteiger partial charge in [-0.1, -0.05) is 30.3 Å². The van der Waals surface area contributed by atoms with Gasteiger partial charge in [-0.15, -0.1) is 0 Å². The molecule has 4 nitrogen and oxygen atoms in total. The molecular formula is C12H12N2O2. The van der Waals surface area contributed by atoms with Crippen molar-refractivity contribution in [3.8, 4) is 0 Å². The highest BCUT2D eigenvalue weighted by Gasteiger charge is 2.31. The molecule has 2 rings (SSSR count). The Balaban J connectivity index is 2.27. The second-order valence-electron chi connectivity index (χ2n) is 3.45. The topological polar surface area (TPSA) is 49.4 Å². The first-order valence-corrected chi connectivity index (χ1v) is 5.12. The Kier molecular flexibility index (Phi) is 2.72. The maximum absolute atomic E-state index is 11.7. The summed E-state index contributed by atoms with van der Waals surface area (Å²) in [4.78, 5) is 24.3. The minimum atomic E-state index is -0.352. The molecule has 1 fully saturated rings. The summed E-state index contributed by atoms with van der Waals surface area (Å²) in [6, 6.07) is 9.06. The van der Waals surface area contributed by atoms with Gasteiger partial charge in [-0.25, -0.2) is 4.79 Å². The summed E-state index contributed by atoms with van der Waals surface area (Å²) in [6.07, 6.45) is 1.68. The number of likely N-dealkylation sites (N-methyl/N-ethyl adjacent to an activating group) is 1. The monoisotopic (exact) mass is 216 g/mol. The number of hydrogen-bond acceptors (Lipinski definition) is 2. The number of hydrogen-bond donors (Lipinski definition) is 1. The Morgan fingerprint density at radius 3 is 2.50 bits per heavy atom. The summed E-state index contributed by atoms with van der Waals surface area (Å²) in [6.45, 7) is 2.15. The SMILES string of the molecule is CCN1C(=O)NC(=Cc2ccccc2)C1=O. The van der Waals surface area contributed by atoms with E-state index in [-0.39, 0.29) is 11.9 Å². The summed E-state index contributed by atoms with van der Waals surface area (Å²) in [5.74, 6) is -0.267. The summed E-state index contributed by atoms with van der Waals surface area (Å²) >= 11 is 0. The van der Waals surface area contributed by atoms with E-state index in [4.69, 9.17) is 0 Å². The zero-order valence-electron chi connectivity index (χ0n) is 8.93. The Labute approximate surface area is 93.6 Å². The van der Waals surface area contributed by atoms with Crippen LogP contribution in [0.5, 0.6) is 0 Å². The molecule has 0 aromatic heterocycles. The van der Waals surface area contributed by atoms with Crippen molar-refractivity contribution in [3.63, 3.8) is 0 Å². The number of imide groups is 1. The number of amides is 3. The highest BCUT2D eigenvalue weighted by atomic mass is 16.2. The average molecular weight is 216 g/mol. The highest BCUT2D eigenvalue weighted by molar-refractivity contribution is 6.13. The lowest BCUT2D eigenvalue weighted by Crippen LogP contribution is -2.30. The largest absolute Gasteiger partial charge is 0.328 e. The minimum absolute atomic E-state index is 0.267.